The molecule has 100 valence electrons. The van der Waals surface area contributed by atoms with Crippen molar-refractivity contribution in [1.82, 2.24) is 0 Å². The quantitative estimate of drug-likeness (QED) is 0.894. The summed E-state index contributed by atoms with van der Waals surface area (Å²) >= 11 is 6.01. The summed E-state index contributed by atoms with van der Waals surface area (Å²) in [6.45, 7) is 2.83. The highest BCUT2D eigenvalue weighted by Crippen LogP contribution is 2.28. The van der Waals surface area contributed by atoms with Crippen molar-refractivity contribution in [3.8, 4) is 0 Å². The van der Waals surface area contributed by atoms with Crippen molar-refractivity contribution in [2.24, 2.45) is 5.73 Å². The molecule has 1 aromatic carbocycles. The van der Waals surface area contributed by atoms with Crippen LogP contribution in [0.15, 0.2) is 18.2 Å². The van der Waals surface area contributed by atoms with Crippen molar-refractivity contribution in [1.29, 1.82) is 0 Å². The molecule has 2 N–H and O–H groups in total. The Bertz CT molecular complexity index is 545. The Labute approximate surface area is 113 Å². The fourth-order valence-electron chi connectivity index (χ4n) is 2.33. The van der Waals surface area contributed by atoms with E-state index in [0.717, 1.165) is 11.3 Å². The lowest BCUT2D eigenvalue weighted by molar-refractivity contribution is 0.568. The van der Waals surface area contributed by atoms with Crippen LogP contribution >= 0.6 is 11.6 Å². The topological polar surface area (TPSA) is 63.4 Å². The average molecular weight is 289 g/mol. The van der Waals surface area contributed by atoms with Gasteiger partial charge in [0, 0.05) is 29.8 Å². The fraction of sp³-hybridized carbons (Fsp3) is 0.500. The summed E-state index contributed by atoms with van der Waals surface area (Å²) in [7, 11) is -2.91. The van der Waals surface area contributed by atoms with Crippen LogP contribution in [0.1, 0.15) is 12.5 Å². The lowest BCUT2D eigenvalue weighted by Gasteiger charge is -2.36. The zero-order valence-electron chi connectivity index (χ0n) is 10.3. The molecule has 0 radical (unpaired) electrons. The van der Waals surface area contributed by atoms with Crippen LogP contribution in [0.4, 0.5) is 5.69 Å². The van der Waals surface area contributed by atoms with Crippen LogP contribution in [0.3, 0.4) is 0 Å². The lowest BCUT2D eigenvalue weighted by Crippen LogP contribution is -2.47. The summed E-state index contributed by atoms with van der Waals surface area (Å²) in [6.07, 6.45) is 0. The average Bonchev–Trinajstić information content (AvgIpc) is 2.28. The molecule has 1 fully saturated rings. The molecular weight excluding hydrogens is 272 g/mol. The third-order valence-corrected chi connectivity index (χ3v) is 5.28. The first-order valence-electron chi connectivity index (χ1n) is 5.88. The van der Waals surface area contributed by atoms with Gasteiger partial charge in [0.25, 0.3) is 0 Å². The highest BCUT2D eigenvalue weighted by Gasteiger charge is 2.29. The van der Waals surface area contributed by atoms with Crippen molar-refractivity contribution in [3.05, 3.63) is 28.8 Å². The minimum atomic E-state index is -2.91. The minimum absolute atomic E-state index is 0.0486. The Balaban J connectivity index is 2.34. The van der Waals surface area contributed by atoms with Crippen LogP contribution < -0.4 is 10.6 Å². The number of sulfone groups is 1. The molecule has 0 amide bonds. The second-order valence-corrected chi connectivity index (χ2v) is 7.30. The predicted molar refractivity (Wildman–Crippen MR) is 74.8 cm³/mol. The molecule has 1 unspecified atom stereocenters. The van der Waals surface area contributed by atoms with E-state index in [9.17, 15) is 8.42 Å². The SMILES string of the molecule is CC1CS(=O)(=O)CCN1c1cc(Cl)ccc1CN. The van der Waals surface area contributed by atoms with Crippen LogP contribution in [-0.4, -0.2) is 32.5 Å². The monoisotopic (exact) mass is 288 g/mol. The van der Waals surface area contributed by atoms with Crippen molar-refractivity contribution in [2.45, 2.75) is 19.5 Å². The first kappa shape index (κ1) is 13.6. The van der Waals surface area contributed by atoms with Crippen LogP contribution in [-0.2, 0) is 16.4 Å². The number of hydrogen-bond acceptors (Lipinski definition) is 4. The Morgan fingerprint density at radius 3 is 2.83 bits per heavy atom. The number of nitrogens with two attached hydrogens (primary N) is 1. The van der Waals surface area contributed by atoms with Gasteiger partial charge in [0.15, 0.2) is 9.84 Å². The predicted octanol–water partition coefficient (Wildman–Crippen LogP) is 1.42. The van der Waals surface area contributed by atoms with Gasteiger partial charge in [0.2, 0.25) is 0 Å². The highest BCUT2D eigenvalue weighted by atomic mass is 35.5. The van der Waals surface area contributed by atoms with Gasteiger partial charge in [-0.15, -0.1) is 0 Å². The molecule has 1 saturated heterocycles. The maximum absolute atomic E-state index is 11.6. The van der Waals surface area contributed by atoms with Gasteiger partial charge in [-0.05, 0) is 24.6 Å². The number of nitrogens with zero attached hydrogens (tertiary/aromatic N) is 1. The lowest BCUT2D eigenvalue weighted by atomic mass is 10.1. The van der Waals surface area contributed by atoms with Crippen molar-refractivity contribution in [3.63, 3.8) is 0 Å². The Hall–Kier alpha value is -0.780. The summed E-state index contributed by atoms with van der Waals surface area (Å²) < 4.78 is 23.2. The van der Waals surface area contributed by atoms with Gasteiger partial charge in [-0.1, -0.05) is 17.7 Å². The van der Waals surface area contributed by atoms with E-state index in [4.69, 9.17) is 17.3 Å². The zero-order valence-corrected chi connectivity index (χ0v) is 11.8. The van der Waals surface area contributed by atoms with E-state index in [0.29, 0.717) is 18.1 Å². The smallest absolute Gasteiger partial charge is 0.154 e. The van der Waals surface area contributed by atoms with E-state index in [1.807, 2.05) is 19.1 Å². The Morgan fingerprint density at radius 1 is 1.50 bits per heavy atom. The fourth-order valence-corrected chi connectivity index (χ4v) is 4.06. The van der Waals surface area contributed by atoms with Gasteiger partial charge in [0.1, 0.15) is 0 Å². The number of benzene rings is 1. The standard InChI is InChI=1S/C12H17ClN2O2S/c1-9-8-18(16,17)5-4-15(9)12-6-11(13)3-2-10(12)7-14/h2-3,6,9H,4-5,7-8,14H2,1H3. The molecule has 6 heteroatoms. The molecule has 1 atom stereocenters. The third-order valence-electron chi connectivity index (χ3n) is 3.25. The molecule has 0 bridgehead atoms. The van der Waals surface area contributed by atoms with Crippen LogP contribution in [0, 0.1) is 0 Å². The molecule has 0 saturated carbocycles. The number of halogens is 1. The summed E-state index contributed by atoms with van der Waals surface area (Å²) in [5.41, 5.74) is 7.66. The molecule has 18 heavy (non-hydrogen) atoms. The molecule has 0 spiro atoms. The Kier molecular flexibility index (Phi) is 3.84. The van der Waals surface area contributed by atoms with Crippen molar-refractivity contribution < 1.29 is 8.42 Å². The summed E-state index contributed by atoms with van der Waals surface area (Å²) in [5.74, 6) is 0.372. The second kappa shape index (κ2) is 5.07. The molecule has 4 nitrogen and oxygen atoms in total. The van der Waals surface area contributed by atoms with Crippen LogP contribution in [0.2, 0.25) is 5.02 Å². The van der Waals surface area contributed by atoms with Gasteiger partial charge in [0.05, 0.1) is 11.5 Å². The minimum Gasteiger partial charge on any atom is -0.366 e. The highest BCUT2D eigenvalue weighted by molar-refractivity contribution is 7.91. The van der Waals surface area contributed by atoms with Crippen molar-refractivity contribution in [2.75, 3.05) is 23.0 Å². The number of anilines is 1. The molecule has 0 aromatic heterocycles. The van der Waals surface area contributed by atoms with Crippen LogP contribution in [0.5, 0.6) is 0 Å². The maximum Gasteiger partial charge on any atom is 0.154 e. The molecule has 1 heterocycles. The summed E-state index contributed by atoms with van der Waals surface area (Å²) in [6, 6.07) is 5.51. The van der Waals surface area contributed by atoms with Gasteiger partial charge in [-0.2, -0.15) is 0 Å². The van der Waals surface area contributed by atoms with E-state index in [-0.39, 0.29) is 17.5 Å². The maximum atomic E-state index is 11.6. The van der Waals surface area contributed by atoms with Gasteiger partial charge >= 0.3 is 0 Å². The number of hydrogen-bond donors (Lipinski definition) is 1. The summed E-state index contributed by atoms with van der Waals surface area (Å²) in [5, 5.41) is 0.642. The summed E-state index contributed by atoms with van der Waals surface area (Å²) in [4.78, 5) is 2.08. The molecular formula is C12H17ClN2O2S. The normalized spacial score (nSPS) is 23.1. The van der Waals surface area contributed by atoms with Gasteiger partial charge in [-0.25, -0.2) is 8.42 Å². The third kappa shape index (κ3) is 2.79. The van der Waals surface area contributed by atoms with Crippen LogP contribution in [0.25, 0.3) is 0 Å². The van der Waals surface area contributed by atoms with Gasteiger partial charge in [-0.3, -0.25) is 0 Å². The Morgan fingerprint density at radius 2 is 2.22 bits per heavy atom. The first-order chi connectivity index (χ1) is 8.43. The van der Waals surface area contributed by atoms with E-state index in [2.05, 4.69) is 4.90 Å². The van der Waals surface area contributed by atoms with Crippen molar-refractivity contribution >= 4 is 27.1 Å². The largest absolute Gasteiger partial charge is 0.366 e. The van der Waals surface area contributed by atoms with E-state index < -0.39 is 9.84 Å². The van der Waals surface area contributed by atoms with E-state index in [1.54, 1.807) is 6.07 Å². The van der Waals surface area contributed by atoms with Gasteiger partial charge < -0.3 is 10.6 Å². The molecule has 1 aliphatic rings. The number of rotatable bonds is 2. The molecule has 1 aliphatic heterocycles. The molecule has 1 aromatic rings. The molecule has 0 aliphatic carbocycles. The first-order valence-corrected chi connectivity index (χ1v) is 8.08. The van der Waals surface area contributed by atoms with E-state index in [1.165, 1.54) is 0 Å². The second-order valence-electron chi connectivity index (χ2n) is 4.63. The van der Waals surface area contributed by atoms with E-state index >= 15 is 0 Å². The zero-order chi connectivity index (χ0) is 13.3. The molecule has 2 rings (SSSR count).